The zero-order valence-corrected chi connectivity index (χ0v) is 13.8. The molecule has 0 aliphatic rings. The molecule has 3 nitrogen and oxygen atoms in total. The van der Waals surface area contributed by atoms with Crippen molar-refractivity contribution in [3.05, 3.63) is 22.3 Å². The number of hydrogen-bond acceptors (Lipinski definition) is 3. The maximum atomic E-state index is 4.47. The van der Waals surface area contributed by atoms with Crippen molar-refractivity contribution < 1.29 is 0 Å². The van der Waals surface area contributed by atoms with E-state index in [1.54, 1.807) is 0 Å². The summed E-state index contributed by atoms with van der Waals surface area (Å²) in [5.74, 6) is 0.947. The van der Waals surface area contributed by atoms with Gasteiger partial charge in [0.15, 0.2) is 0 Å². The van der Waals surface area contributed by atoms with Crippen LogP contribution in [0.15, 0.2) is 16.7 Å². The zero-order valence-electron chi connectivity index (χ0n) is 12.2. The standard InChI is InChI=1S/C14H24BrN3/c1-13(2,3)17-8-10-7-11(15)9-16-12(10)18-14(4,5)6/h7,9,17H,8H2,1-6H3,(H,16,18). The predicted octanol–water partition coefficient (Wildman–Crippen LogP) is 3.94. The Hall–Kier alpha value is -0.610. The van der Waals surface area contributed by atoms with E-state index in [9.17, 15) is 0 Å². The average Bonchev–Trinajstić information content (AvgIpc) is 2.15. The van der Waals surface area contributed by atoms with E-state index in [1.165, 1.54) is 5.56 Å². The van der Waals surface area contributed by atoms with Gasteiger partial charge in [0.25, 0.3) is 0 Å². The van der Waals surface area contributed by atoms with Crippen LogP contribution in [0.4, 0.5) is 5.82 Å². The van der Waals surface area contributed by atoms with E-state index in [1.807, 2.05) is 6.20 Å². The summed E-state index contributed by atoms with van der Waals surface area (Å²) in [6.07, 6.45) is 1.83. The lowest BCUT2D eigenvalue weighted by atomic mass is 10.1. The second-order valence-corrected chi connectivity index (χ2v) is 7.56. The molecule has 0 amide bonds. The first kappa shape index (κ1) is 15.4. The van der Waals surface area contributed by atoms with Crippen LogP contribution >= 0.6 is 15.9 Å². The Balaban J connectivity index is 2.90. The molecule has 0 unspecified atom stereocenters. The molecule has 0 saturated heterocycles. The van der Waals surface area contributed by atoms with Crippen molar-refractivity contribution >= 4 is 21.7 Å². The Bertz CT molecular complexity index is 402. The van der Waals surface area contributed by atoms with E-state index in [-0.39, 0.29) is 11.1 Å². The summed E-state index contributed by atoms with van der Waals surface area (Å²) in [6.45, 7) is 13.7. The average molecular weight is 314 g/mol. The topological polar surface area (TPSA) is 37.0 Å². The number of nitrogens with one attached hydrogen (secondary N) is 2. The van der Waals surface area contributed by atoms with Crippen molar-refractivity contribution in [2.75, 3.05) is 5.32 Å². The first-order valence-corrected chi connectivity index (χ1v) is 7.04. The molecule has 4 heteroatoms. The van der Waals surface area contributed by atoms with Crippen LogP contribution in [0.3, 0.4) is 0 Å². The van der Waals surface area contributed by atoms with Crippen LogP contribution in [0, 0.1) is 0 Å². The number of anilines is 1. The molecule has 1 aromatic rings. The molecule has 0 spiro atoms. The molecule has 0 radical (unpaired) electrons. The van der Waals surface area contributed by atoms with E-state index >= 15 is 0 Å². The Morgan fingerprint density at radius 1 is 1.11 bits per heavy atom. The van der Waals surface area contributed by atoms with Gasteiger partial charge in [-0.15, -0.1) is 0 Å². The van der Waals surface area contributed by atoms with Crippen molar-refractivity contribution in [2.45, 2.75) is 59.2 Å². The summed E-state index contributed by atoms with van der Waals surface area (Å²) < 4.78 is 1.01. The van der Waals surface area contributed by atoms with Crippen molar-refractivity contribution in [3.8, 4) is 0 Å². The molecule has 0 atom stereocenters. The van der Waals surface area contributed by atoms with Crippen LogP contribution in [0.25, 0.3) is 0 Å². The highest BCUT2D eigenvalue weighted by molar-refractivity contribution is 9.10. The van der Waals surface area contributed by atoms with Gasteiger partial charge in [-0.25, -0.2) is 4.98 Å². The van der Waals surface area contributed by atoms with E-state index in [2.05, 4.69) is 79.2 Å². The van der Waals surface area contributed by atoms with Gasteiger partial charge in [-0.1, -0.05) is 0 Å². The van der Waals surface area contributed by atoms with Gasteiger partial charge < -0.3 is 10.6 Å². The highest BCUT2D eigenvalue weighted by Crippen LogP contribution is 2.21. The van der Waals surface area contributed by atoms with Gasteiger partial charge in [0.2, 0.25) is 0 Å². The fraction of sp³-hybridized carbons (Fsp3) is 0.643. The van der Waals surface area contributed by atoms with Crippen LogP contribution in [0.5, 0.6) is 0 Å². The Morgan fingerprint density at radius 3 is 2.22 bits per heavy atom. The number of rotatable bonds is 3. The fourth-order valence-corrected chi connectivity index (χ4v) is 1.82. The molecule has 1 rings (SSSR count). The highest BCUT2D eigenvalue weighted by atomic mass is 79.9. The Labute approximate surface area is 119 Å². The van der Waals surface area contributed by atoms with Gasteiger partial charge in [0.05, 0.1) is 0 Å². The quantitative estimate of drug-likeness (QED) is 0.887. The minimum atomic E-state index is 0.0112. The summed E-state index contributed by atoms with van der Waals surface area (Å²) in [5, 5.41) is 6.93. The van der Waals surface area contributed by atoms with E-state index in [0.29, 0.717) is 0 Å². The lowest BCUT2D eigenvalue weighted by molar-refractivity contribution is 0.424. The molecule has 0 aliphatic heterocycles. The van der Waals surface area contributed by atoms with Crippen molar-refractivity contribution in [2.24, 2.45) is 0 Å². The lowest BCUT2D eigenvalue weighted by Crippen LogP contribution is -2.36. The number of hydrogen-bond donors (Lipinski definition) is 2. The molecule has 0 aliphatic carbocycles. The van der Waals surface area contributed by atoms with Crippen LogP contribution in [0.1, 0.15) is 47.1 Å². The van der Waals surface area contributed by atoms with Gasteiger partial charge in [0.1, 0.15) is 5.82 Å². The normalized spacial score (nSPS) is 12.6. The summed E-state index contributed by atoms with van der Waals surface area (Å²) in [6, 6.07) is 2.11. The monoisotopic (exact) mass is 313 g/mol. The zero-order chi connectivity index (χ0) is 14.0. The third kappa shape index (κ3) is 5.83. The SMILES string of the molecule is CC(C)(C)NCc1cc(Br)cnc1NC(C)(C)C. The third-order valence-corrected chi connectivity index (χ3v) is 2.67. The van der Waals surface area contributed by atoms with Crippen LogP contribution in [0.2, 0.25) is 0 Å². The minimum Gasteiger partial charge on any atom is -0.365 e. The first-order chi connectivity index (χ1) is 8.07. The predicted molar refractivity (Wildman–Crippen MR) is 81.9 cm³/mol. The molecule has 1 heterocycles. The van der Waals surface area contributed by atoms with Gasteiger partial charge in [-0.2, -0.15) is 0 Å². The van der Waals surface area contributed by atoms with E-state index < -0.39 is 0 Å². The molecule has 18 heavy (non-hydrogen) atoms. The fourth-order valence-electron chi connectivity index (χ4n) is 1.44. The Kier molecular flexibility index (Phi) is 4.78. The third-order valence-electron chi connectivity index (χ3n) is 2.24. The maximum absolute atomic E-state index is 4.47. The van der Waals surface area contributed by atoms with Crippen molar-refractivity contribution in [1.82, 2.24) is 10.3 Å². The number of aromatic nitrogens is 1. The minimum absolute atomic E-state index is 0.0112. The second kappa shape index (κ2) is 5.57. The second-order valence-electron chi connectivity index (χ2n) is 6.64. The molecule has 1 aromatic heterocycles. The van der Waals surface area contributed by atoms with Crippen molar-refractivity contribution in [1.29, 1.82) is 0 Å². The number of halogens is 1. The van der Waals surface area contributed by atoms with Crippen LogP contribution < -0.4 is 10.6 Å². The molecule has 0 fully saturated rings. The summed E-state index contributed by atoms with van der Waals surface area (Å²) in [4.78, 5) is 4.47. The summed E-state index contributed by atoms with van der Waals surface area (Å²) in [7, 11) is 0. The molecule has 2 N–H and O–H groups in total. The molecule has 0 saturated carbocycles. The van der Waals surface area contributed by atoms with Gasteiger partial charge >= 0.3 is 0 Å². The lowest BCUT2D eigenvalue weighted by Gasteiger charge is -2.25. The number of nitrogens with zero attached hydrogens (tertiary/aromatic N) is 1. The van der Waals surface area contributed by atoms with Gasteiger partial charge in [0, 0.05) is 33.9 Å². The maximum Gasteiger partial charge on any atom is 0.130 e. The molecule has 102 valence electrons. The van der Waals surface area contributed by atoms with E-state index in [4.69, 9.17) is 0 Å². The summed E-state index contributed by atoms with van der Waals surface area (Å²) >= 11 is 3.48. The smallest absolute Gasteiger partial charge is 0.130 e. The molecular weight excluding hydrogens is 290 g/mol. The molecule has 0 bridgehead atoms. The first-order valence-electron chi connectivity index (χ1n) is 6.24. The van der Waals surface area contributed by atoms with Gasteiger partial charge in [-0.05, 0) is 63.5 Å². The largest absolute Gasteiger partial charge is 0.365 e. The van der Waals surface area contributed by atoms with Crippen molar-refractivity contribution in [3.63, 3.8) is 0 Å². The highest BCUT2D eigenvalue weighted by Gasteiger charge is 2.15. The van der Waals surface area contributed by atoms with Crippen LogP contribution in [-0.4, -0.2) is 16.1 Å². The number of pyridine rings is 1. The summed E-state index contributed by atoms with van der Waals surface area (Å²) in [5.41, 5.74) is 1.28. The van der Waals surface area contributed by atoms with E-state index in [0.717, 1.165) is 16.8 Å². The van der Waals surface area contributed by atoms with Crippen LogP contribution in [-0.2, 0) is 6.54 Å². The molecule has 0 aromatic carbocycles. The van der Waals surface area contributed by atoms with Gasteiger partial charge in [-0.3, -0.25) is 0 Å². The molecular formula is C14H24BrN3. The Morgan fingerprint density at radius 2 is 1.72 bits per heavy atom.